The first-order valence-electron chi connectivity index (χ1n) is 6.61. The lowest BCUT2D eigenvalue weighted by molar-refractivity contribution is -0.120. The van der Waals surface area contributed by atoms with E-state index in [0.29, 0.717) is 19.5 Å². The normalized spacial score (nSPS) is 10.6. The summed E-state index contributed by atoms with van der Waals surface area (Å²) in [6.45, 7) is 4.02. The second-order valence-corrected chi connectivity index (χ2v) is 4.37. The van der Waals surface area contributed by atoms with Crippen LogP contribution in [0.25, 0.3) is 10.9 Å². The zero-order valence-electron chi connectivity index (χ0n) is 11.1. The molecule has 4 heteroatoms. The fourth-order valence-electron chi connectivity index (χ4n) is 2.02. The highest BCUT2D eigenvalue weighted by Gasteiger charge is 2.02. The fraction of sp³-hybridized carbons (Fsp3) is 0.333. The summed E-state index contributed by atoms with van der Waals surface area (Å²) in [5, 5.41) is 7.21. The third-order valence-electron chi connectivity index (χ3n) is 2.93. The lowest BCUT2D eigenvalue weighted by Gasteiger charge is -2.07. The van der Waals surface area contributed by atoms with Crippen LogP contribution in [0.4, 0.5) is 0 Å². The molecule has 2 rings (SSSR count). The molecule has 1 aromatic heterocycles. The molecule has 0 radical (unpaired) electrons. The van der Waals surface area contributed by atoms with E-state index in [4.69, 9.17) is 0 Å². The lowest BCUT2D eigenvalue weighted by atomic mass is 10.1. The van der Waals surface area contributed by atoms with Gasteiger partial charge in [0, 0.05) is 37.6 Å². The molecule has 0 saturated carbocycles. The van der Waals surface area contributed by atoms with Crippen LogP contribution in [-0.2, 0) is 11.3 Å². The number of nitrogens with zero attached hydrogens (tertiary/aromatic N) is 1. The predicted octanol–water partition coefficient (Wildman–Crippen LogP) is 1.85. The third-order valence-corrected chi connectivity index (χ3v) is 2.93. The van der Waals surface area contributed by atoms with Gasteiger partial charge >= 0.3 is 0 Å². The van der Waals surface area contributed by atoms with E-state index in [1.165, 1.54) is 0 Å². The number of rotatable bonds is 6. The van der Waals surface area contributed by atoms with Crippen molar-refractivity contribution in [2.45, 2.75) is 19.9 Å². The molecule has 1 aromatic carbocycles. The number of aromatic nitrogens is 1. The second kappa shape index (κ2) is 6.85. The molecular formula is C15H19N3O. The smallest absolute Gasteiger partial charge is 0.221 e. The fourth-order valence-corrected chi connectivity index (χ4v) is 2.02. The molecule has 0 saturated heterocycles. The number of carbonyl (C=O) groups excluding carboxylic acids is 1. The van der Waals surface area contributed by atoms with Gasteiger partial charge in [-0.2, -0.15) is 0 Å². The maximum Gasteiger partial charge on any atom is 0.221 e. The molecule has 0 aliphatic rings. The molecule has 2 N–H and O–H groups in total. The largest absolute Gasteiger partial charge is 0.356 e. The minimum absolute atomic E-state index is 0.0889. The molecule has 0 fully saturated rings. The Kier molecular flexibility index (Phi) is 4.86. The van der Waals surface area contributed by atoms with Crippen molar-refractivity contribution in [2.24, 2.45) is 0 Å². The van der Waals surface area contributed by atoms with Gasteiger partial charge in [-0.3, -0.25) is 9.78 Å². The molecule has 100 valence electrons. The number of pyridine rings is 1. The number of hydrogen-bond donors (Lipinski definition) is 2. The van der Waals surface area contributed by atoms with Gasteiger partial charge < -0.3 is 10.6 Å². The Morgan fingerprint density at radius 3 is 2.95 bits per heavy atom. The Balaban J connectivity index is 1.90. The molecule has 0 atom stereocenters. The van der Waals surface area contributed by atoms with Crippen molar-refractivity contribution >= 4 is 16.8 Å². The maximum absolute atomic E-state index is 11.3. The van der Waals surface area contributed by atoms with Gasteiger partial charge in [0.2, 0.25) is 5.91 Å². The van der Waals surface area contributed by atoms with Gasteiger partial charge in [-0.1, -0.05) is 24.3 Å². The van der Waals surface area contributed by atoms with Gasteiger partial charge in [0.1, 0.15) is 0 Å². The van der Waals surface area contributed by atoms with Crippen molar-refractivity contribution in [1.29, 1.82) is 0 Å². The second-order valence-electron chi connectivity index (χ2n) is 4.37. The number of fused-ring (bicyclic) bond motifs is 1. The van der Waals surface area contributed by atoms with Crippen LogP contribution in [0.2, 0.25) is 0 Å². The molecule has 4 nitrogen and oxygen atoms in total. The molecule has 0 spiro atoms. The molecule has 19 heavy (non-hydrogen) atoms. The third kappa shape index (κ3) is 3.76. The molecule has 0 bridgehead atoms. The molecule has 0 unspecified atom stereocenters. The van der Waals surface area contributed by atoms with E-state index < -0.39 is 0 Å². The Bertz CT molecular complexity index is 549. The topological polar surface area (TPSA) is 54.0 Å². The van der Waals surface area contributed by atoms with Crippen molar-refractivity contribution in [3.8, 4) is 0 Å². The molecule has 0 aliphatic heterocycles. The molecular weight excluding hydrogens is 238 g/mol. The average molecular weight is 257 g/mol. The van der Waals surface area contributed by atoms with Crippen LogP contribution in [0.3, 0.4) is 0 Å². The van der Waals surface area contributed by atoms with Crippen molar-refractivity contribution in [3.05, 3.63) is 42.1 Å². The minimum Gasteiger partial charge on any atom is -0.356 e. The van der Waals surface area contributed by atoms with Crippen LogP contribution in [0.5, 0.6) is 0 Å². The monoisotopic (exact) mass is 257 g/mol. The van der Waals surface area contributed by atoms with Crippen molar-refractivity contribution in [2.75, 3.05) is 13.1 Å². The number of amides is 1. The van der Waals surface area contributed by atoms with Gasteiger partial charge in [0.05, 0.1) is 5.52 Å². The Morgan fingerprint density at radius 1 is 1.26 bits per heavy atom. The quantitative estimate of drug-likeness (QED) is 0.777. The Hall–Kier alpha value is -1.94. The summed E-state index contributed by atoms with van der Waals surface area (Å²) in [5.41, 5.74) is 2.18. The average Bonchev–Trinajstić information content (AvgIpc) is 2.44. The lowest BCUT2D eigenvalue weighted by Crippen LogP contribution is -2.27. The van der Waals surface area contributed by atoms with Crippen molar-refractivity contribution < 1.29 is 4.79 Å². The Morgan fingerprint density at radius 2 is 2.11 bits per heavy atom. The molecule has 2 aromatic rings. The number of para-hydroxylation sites is 1. The van der Waals surface area contributed by atoms with E-state index in [9.17, 15) is 4.79 Å². The van der Waals surface area contributed by atoms with Gasteiger partial charge in [-0.05, 0) is 18.6 Å². The zero-order valence-corrected chi connectivity index (χ0v) is 11.1. The van der Waals surface area contributed by atoms with Crippen LogP contribution in [0.15, 0.2) is 36.5 Å². The van der Waals surface area contributed by atoms with Crippen LogP contribution in [0, 0.1) is 0 Å². The summed E-state index contributed by atoms with van der Waals surface area (Å²) >= 11 is 0. The molecule has 0 aliphatic carbocycles. The summed E-state index contributed by atoms with van der Waals surface area (Å²) in [7, 11) is 0. The molecule has 1 amide bonds. The highest BCUT2D eigenvalue weighted by molar-refractivity contribution is 5.81. The summed E-state index contributed by atoms with van der Waals surface area (Å²) in [4.78, 5) is 15.7. The first-order chi connectivity index (χ1) is 9.31. The maximum atomic E-state index is 11.3. The van der Waals surface area contributed by atoms with Gasteiger partial charge in [-0.25, -0.2) is 0 Å². The zero-order chi connectivity index (χ0) is 13.5. The van der Waals surface area contributed by atoms with E-state index in [1.807, 2.05) is 19.1 Å². The first-order valence-corrected chi connectivity index (χ1v) is 6.61. The van der Waals surface area contributed by atoms with Gasteiger partial charge in [0.25, 0.3) is 0 Å². The summed E-state index contributed by atoms with van der Waals surface area (Å²) < 4.78 is 0. The number of nitrogens with one attached hydrogen (secondary N) is 2. The van der Waals surface area contributed by atoms with Gasteiger partial charge in [0.15, 0.2) is 0 Å². The van der Waals surface area contributed by atoms with E-state index in [-0.39, 0.29) is 5.91 Å². The van der Waals surface area contributed by atoms with Crippen LogP contribution >= 0.6 is 0 Å². The predicted molar refractivity (Wildman–Crippen MR) is 76.8 cm³/mol. The Labute approximate surface area is 113 Å². The first kappa shape index (κ1) is 13.5. The van der Waals surface area contributed by atoms with Gasteiger partial charge in [-0.15, -0.1) is 0 Å². The van der Waals surface area contributed by atoms with E-state index >= 15 is 0 Å². The van der Waals surface area contributed by atoms with E-state index in [2.05, 4.69) is 33.8 Å². The van der Waals surface area contributed by atoms with E-state index in [0.717, 1.165) is 23.0 Å². The van der Waals surface area contributed by atoms with Crippen LogP contribution in [0.1, 0.15) is 18.9 Å². The minimum atomic E-state index is 0.0889. The number of carbonyl (C=O) groups is 1. The highest BCUT2D eigenvalue weighted by Crippen LogP contribution is 2.15. The summed E-state index contributed by atoms with van der Waals surface area (Å²) in [6.07, 6.45) is 2.31. The number of hydrogen-bond acceptors (Lipinski definition) is 3. The highest BCUT2D eigenvalue weighted by atomic mass is 16.1. The van der Waals surface area contributed by atoms with Crippen molar-refractivity contribution in [3.63, 3.8) is 0 Å². The summed E-state index contributed by atoms with van der Waals surface area (Å²) in [6, 6.07) is 10.1. The van der Waals surface area contributed by atoms with Crippen molar-refractivity contribution in [1.82, 2.24) is 15.6 Å². The molecule has 1 heterocycles. The van der Waals surface area contributed by atoms with E-state index in [1.54, 1.807) is 6.20 Å². The van der Waals surface area contributed by atoms with Crippen LogP contribution in [-0.4, -0.2) is 24.0 Å². The van der Waals surface area contributed by atoms with Crippen LogP contribution < -0.4 is 10.6 Å². The number of benzene rings is 1. The summed E-state index contributed by atoms with van der Waals surface area (Å²) in [5.74, 6) is 0.0889. The SMILES string of the molecule is CCNC(=O)CCNCc1cccc2cccnc12. The standard InChI is InChI=1S/C15H19N3O/c1-2-17-14(19)8-10-16-11-13-6-3-5-12-7-4-9-18-15(12)13/h3-7,9,16H,2,8,10-11H2,1H3,(H,17,19).